The average molecular weight is 697 g/mol. The zero-order valence-corrected chi connectivity index (χ0v) is 29.4. The maximum atomic E-state index is 13.7. The van der Waals surface area contributed by atoms with E-state index in [1.165, 1.54) is 17.4 Å². The molecule has 14 heteroatoms. The number of thiazole rings is 1. The number of ether oxygens (including phenoxy) is 1. The van der Waals surface area contributed by atoms with E-state index in [2.05, 4.69) is 37.6 Å². The Kier molecular flexibility index (Phi) is 11.2. The second kappa shape index (κ2) is 15.1. The molecule has 1 aliphatic heterocycles. The predicted octanol–water partition coefficient (Wildman–Crippen LogP) is 5.70. The summed E-state index contributed by atoms with van der Waals surface area (Å²) >= 11 is 1.44. The fourth-order valence-corrected chi connectivity index (χ4v) is 8.92. The van der Waals surface area contributed by atoms with E-state index in [1.54, 1.807) is 69.4 Å². The molecule has 2 heterocycles. The second-order valence-electron chi connectivity index (χ2n) is 13.5. The van der Waals surface area contributed by atoms with Crippen LogP contribution in [0.15, 0.2) is 59.6 Å². The van der Waals surface area contributed by atoms with Crippen LogP contribution in [-0.2, 0) is 14.8 Å². The molecule has 2 fully saturated rings. The summed E-state index contributed by atoms with van der Waals surface area (Å²) in [6.45, 7) is 6.68. The summed E-state index contributed by atoms with van der Waals surface area (Å²) in [5.41, 5.74) is 0.212. The quantitative estimate of drug-likeness (QED) is 0.222. The van der Waals surface area contributed by atoms with Crippen LogP contribution in [0.4, 0.5) is 15.3 Å². The Morgan fingerprint density at radius 1 is 1.02 bits per heavy atom. The number of carbonyl (C=O) groups excluding carboxylic acids is 3. The van der Waals surface area contributed by atoms with Crippen molar-refractivity contribution in [2.24, 2.45) is 0 Å². The first-order valence-corrected chi connectivity index (χ1v) is 18.5. The van der Waals surface area contributed by atoms with Gasteiger partial charge in [-0.25, -0.2) is 27.7 Å². The van der Waals surface area contributed by atoms with E-state index in [9.17, 15) is 22.8 Å². The molecule has 12 nitrogen and oxygen atoms in total. The van der Waals surface area contributed by atoms with Crippen LogP contribution in [0.1, 0.15) is 80.6 Å². The Morgan fingerprint density at radius 3 is 2.42 bits per heavy atom. The van der Waals surface area contributed by atoms with Crippen LogP contribution in [-0.4, -0.2) is 74.2 Å². The third-order valence-corrected chi connectivity index (χ3v) is 11.5. The maximum Gasteiger partial charge on any atom is 0.407 e. The molecular weight excluding hydrogens is 653 g/mol. The molecule has 4 N–H and O–H groups in total. The van der Waals surface area contributed by atoms with Crippen molar-refractivity contribution in [3.63, 3.8) is 0 Å². The number of nitrogens with zero attached hydrogens (tertiary/aromatic N) is 2. The van der Waals surface area contributed by atoms with Crippen molar-refractivity contribution in [1.82, 2.24) is 25.2 Å². The van der Waals surface area contributed by atoms with Gasteiger partial charge in [0.25, 0.3) is 5.91 Å². The Morgan fingerprint density at radius 2 is 1.75 bits per heavy atom. The predicted molar refractivity (Wildman–Crippen MR) is 186 cm³/mol. The molecule has 1 aliphatic carbocycles. The number of likely N-dealkylation sites (tertiary alicyclic amines) is 1. The SMILES string of the molecule is CN1CCC[C@H]1COC(=O)NC1CCC(c2ncc(-c3ccc(NC(=O)NC(=O)c4ccccc4)cc3S(=O)(=O)NC(C)(C)C)s2)CC1. The van der Waals surface area contributed by atoms with Crippen molar-refractivity contribution in [3.05, 3.63) is 65.3 Å². The molecule has 258 valence electrons. The number of hydrogen-bond donors (Lipinski definition) is 4. The molecule has 2 aromatic carbocycles. The molecule has 1 saturated carbocycles. The van der Waals surface area contributed by atoms with Crippen LogP contribution >= 0.6 is 11.3 Å². The third-order valence-electron chi connectivity index (χ3n) is 8.50. The summed E-state index contributed by atoms with van der Waals surface area (Å²) in [6, 6.07) is 12.5. The number of amides is 4. The molecule has 1 aromatic heterocycles. The van der Waals surface area contributed by atoms with E-state index in [0.29, 0.717) is 22.6 Å². The van der Waals surface area contributed by atoms with Gasteiger partial charge in [0.1, 0.15) is 6.61 Å². The van der Waals surface area contributed by atoms with E-state index in [0.717, 1.165) is 50.1 Å². The van der Waals surface area contributed by atoms with Crippen molar-refractivity contribution >= 4 is 45.1 Å². The van der Waals surface area contributed by atoms with Crippen molar-refractivity contribution < 1.29 is 27.5 Å². The number of rotatable bonds is 9. The summed E-state index contributed by atoms with van der Waals surface area (Å²) in [6.07, 6.45) is 6.74. The van der Waals surface area contributed by atoms with E-state index >= 15 is 0 Å². The molecule has 4 amide bonds. The second-order valence-corrected chi connectivity index (χ2v) is 16.2. The van der Waals surface area contributed by atoms with Gasteiger partial charge in [0.2, 0.25) is 10.0 Å². The van der Waals surface area contributed by atoms with Crippen LogP contribution < -0.4 is 20.7 Å². The van der Waals surface area contributed by atoms with Gasteiger partial charge in [-0.05, 0) is 97.2 Å². The number of aromatic nitrogens is 1. The van der Waals surface area contributed by atoms with Crippen LogP contribution in [0.5, 0.6) is 0 Å². The fourth-order valence-electron chi connectivity index (χ4n) is 6.07. The van der Waals surface area contributed by atoms with E-state index in [4.69, 9.17) is 4.74 Å². The fraction of sp³-hybridized carbons (Fsp3) is 0.471. The highest BCUT2D eigenvalue weighted by Gasteiger charge is 2.30. The van der Waals surface area contributed by atoms with Crippen molar-refractivity contribution in [3.8, 4) is 10.4 Å². The van der Waals surface area contributed by atoms with Crippen molar-refractivity contribution in [1.29, 1.82) is 0 Å². The number of anilines is 1. The molecule has 0 bridgehead atoms. The maximum absolute atomic E-state index is 13.7. The average Bonchev–Trinajstić information content (AvgIpc) is 3.69. The van der Waals surface area contributed by atoms with Gasteiger partial charge in [0, 0.05) is 46.6 Å². The van der Waals surface area contributed by atoms with Crippen LogP contribution in [0.3, 0.4) is 0 Å². The van der Waals surface area contributed by atoms with Gasteiger partial charge < -0.3 is 20.3 Å². The number of likely N-dealkylation sites (N-methyl/N-ethyl adjacent to an activating group) is 1. The highest BCUT2D eigenvalue weighted by atomic mass is 32.2. The van der Waals surface area contributed by atoms with Crippen LogP contribution in [0.25, 0.3) is 10.4 Å². The number of nitrogens with one attached hydrogen (secondary N) is 4. The summed E-state index contributed by atoms with van der Waals surface area (Å²) in [4.78, 5) is 45.1. The lowest BCUT2D eigenvalue weighted by Gasteiger charge is -2.28. The van der Waals surface area contributed by atoms with Crippen LogP contribution in [0.2, 0.25) is 0 Å². The van der Waals surface area contributed by atoms with Gasteiger partial charge in [-0.1, -0.05) is 24.3 Å². The Bertz CT molecular complexity index is 1710. The van der Waals surface area contributed by atoms with Gasteiger partial charge in [-0.3, -0.25) is 10.1 Å². The molecule has 1 saturated heterocycles. The molecule has 48 heavy (non-hydrogen) atoms. The Balaban J connectivity index is 1.25. The number of hydrogen-bond acceptors (Lipinski definition) is 9. The molecule has 0 radical (unpaired) electrons. The van der Waals surface area contributed by atoms with E-state index in [1.807, 2.05) is 0 Å². The first kappa shape index (κ1) is 35.5. The van der Waals surface area contributed by atoms with E-state index in [-0.39, 0.29) is 34.7 Å². The number of urea groups is 1. The zero-order valence-electron chi connectivity index (χ0n) is 27.7. The Labute approximate surface area is 286 Å². The molecule has 5 rings (SSSR count). The van der Waals surface area contributed by atoms with E-state index < -0.39 is 27.5 Å². The minimum Gasteiger partial charge on any atom is -0.448 e. The standard InChI is InChI=1S/C34H44N6O6S2/c1-34(2,3)39-48(44,45)29-19-25(36-32(42)38-30(41)22-9-6-5-7-10-22)16-17-27(29)28-20-35-31(47-28)23-12-14-24(15-13-23)37-33(43)46-21-26-11-8-18-40(26)4/h5-7,9-10,16-17,19-20,23-24,26,39H,8,11-15,18,21H2,1-4H3,(H,37,43)(H2,36,38,41,42)/t23?,24?,26-/m0/s1. The van der Waals surface area contributed by atoms with Gasteiger partial charge in [0.15, 0.2) is 0 Å². The molecule has 3 aromatic rings. The molecular formula is C34H44N6O6S2. The Hall–Kier alpha value is -3.85. The summed E-state index contributed by atoms with van der Waals surface area (Å²) < 4.78 is 35.5. The largest absolute Gasteiger partial charge is 0.448 e. The minimum atomic E-state index is -4.03. The zero-order chi connectivity index (χ0) is 34.5. The monoisotopic (exact) mass is 696 g/mol. The van der Waals surface area contributed by atoms with Gasteiger partial charge >= 0.3 is 12.1 Å². The lowest BCUT2D eigenvalue weighted by Crippen LogP contribution is -2.40. The van der Waals surface area contributed by atoms with Gasteiger partial charge in [-0.2, -0.15) is 0 Å². The number of imide groups is 1. The third kappa shape index (κ3) is 9.40. The minimum absolute atomic E-state index is 0.0185. The van der Waals surface area contributed by atoms with Gasteiger partial charge in [-0.15, -0.1) is 11.3 Å². The van der Waals surface area contributed by atoms with Gasteiger partial charge in [0.05, 0.1) is 14.8 Å². The highest BCUT2D eigenvalue weighted by molar-refractivity contribution is 7.89. The summed E-state index contributed by atoms with van der Waals surface area (Å²) in [5.74, 6) is -0.397. The molecule has 1 atom stereocenters. The lowest BCUT2D eigenvalue weighted by atomic mass is 9.86. The first-order chi connectivity index (χ1) is 22.8. The van der Waals surface area contributed by atoms with Crippen molar-refractivity contribution in [2.45, 2.75) is 87.7 Å². The summed E-state index contributed by atoms with van der Waals surface area (Å²) in [5, 5.41) is 8.77. The lowest BCUT2D eigenvalue weighted by molar-refractivity contribution is 0.0966. The molecule has 0 spiro atoms. The molecule has 2 aliphatic rings. The number of sulfonamides is 1. The first-order valence-electron chi connectivity index (χ1n) is 16.2. The number of alkyl carbamates (subject to hydrolysis) is 1. The summed E-state index contributed by atoms with van der Waals surface area (Å²) in [7, 11) is -1.98. The smallest absolute Gasteiger partial charge is 0.407 e. The van der Waals surface area contributed by atoms with Crippen molar-refractivity contribution in [2.75, 3.05) is 25.5 Å². The number of benzene rings is 2. The van der Waals surface area contributed by atoms with Crippen LogP contribution in [0, 0.1) is 0 Å². The normalized spacial score (nSPS) is 20.2. The topological polar surface area (TPSA) is 159 Å². The highest BCUT2D eigenvalue weighted by Crippen LogP contribution is 2.40. The number of carbonyl (C=O) groups is 3. The molecule has 0 unspecified atom stereocenters.